The van der Waals surface area contributed by atoms with E-state index in [1.807, 2.05) is 37.3 Å². The number of carboxylic acid groups (broad SMARTS) is 1. The lowest BCUT2D eigenvalue weighted by Gasteiger charge is -2.49. The van der Waals surface area contributed by atoms with Gasteiger partial charge in [-0.25, -0.2) is 4.79 Å². The van der Waals surface area contributed by atoms with Crippen molar-refractivity contribution in [2.75, 3.05) is 17.3 Å². The Morgan fingerprint density at radius 1 is 1.22 bits per heavy atom. The van der Waals surface area contributed by atoms with E-state index >= 15 is 0 Å². The molecular weight excluding hydrogens is 541 g/mol. The highest BCUT2D eigenvalue weighted by Crippen LogP contribution is 2.41. The molecule has 2 aliphatic rings. The Morgan fingerprint density at radius 3 is 2.72 bits per heavy atom. The molecular formula is C23H20N4O5S4. The lowest BCUT2D eigenvalue weighted by Crippen LogP contribution is -2.70. The maximum atomic E-state index is 12.9. The van der Waals surface area contributed by atoms with Crippen molar-refractivity contribution < 1.29 is 23.7 Å². The number of carboxylic acids is 1. The fraction of sp³-hybridized carbons (Fsp3) is 0.261. The zero-order valence-electron chi connectivity index (χ0n) is 18.9. The van der Waals surface area contributed by atoms with Crippen LogP contribution >= 0.6 is 34.9 Å². The molecule has 3 atom stereocenters. The van der Waals surface area contributed by atoms with Gasteiger partial charge in [-0.05, 0) is 35.4 Å². The van der Waals surface area contributed by atoms with Crippen molar-refractivity contribution in [3.05, 3.63) is 58.7 Å². The van der Waals surface area contributed by atoms with E-state index in [2.05, 4.69) is 15.5 Å². The third-order valence-corrected chi connectivity index (χ3v) is 10.4. The summed E-state index contributed by atoms with van der Waals surface area (Å²) in [4.78, 5) is 39.3. The van der Waals surface area contributed by atoms with Gasteiger partial charge in [0.05, 0.1) is 10.8 Å². The van der Waals surface area contributed by atoms with Gasteiger partial charge in [0.1, 0.15) is 27.9 Å². The van der Waals surface area contributed by atoms with E-state index in [0.717, 1.165) is 20.1 Å². The summed E-state index contributed by atoms with van der Waals surface area (Å²) in [5.41, 5.74) is 0.583. The standard InChI is InChI=1S/C23H20N4O5S4/c1-12-25-26-23(35-12)34-10-15-9-33-21-18(20(29)27(21)19(15)22(30)31)24-17(28)11-36(32)16-7-6-13-4-2-3-5-14(13)8-16/h2-8,18,21H,9-11H2,1H3,(H,24,28)(H,30,31). The van der Waals surface area contributed by atoms with Crippen molar-refractivity contribution in [3.63, 3.8) is 0 Å². The van der Waals surface area contributed by atoms with Gasteiger partial charge in [-0.2, -0.15) is 0 Å². The zero-order chi connectivity index (χ0) is 25.4. The second-order valence-corrected chi connectivity index (χ2v) is 13.0. The first-order valence-corrected chi connectivity index (χ1v) is 15.0. The van der Waals surface area contributed by atoms with E-state index in [4.69, 9.17) is 0 Å². The Kier molecular flexibility index (Phi) is 7.15. The number of carbonyl (C=O) groups is 3. The number of carbonyl (C=O) groups excluding carboxylic acids is 2. The minimum absolute atomic E-state index is 0.0391. The van der Waals surface area contributed by atoms with Gasteiger partial charge in [-0.3, -0.25) is 18.7 Å². The number of nitrogens with one attached hydrogen (secondary N) is 1. The molecule has 0 bridgehead atoms. The molecule has 186 valence electrons. The number of hydrogen-bond donors (Lipinski definition) is 2. The smallest absolute Gasteiger partial charge is 0.352 e. The predicted molar refractivity (Wildman–Crippen MR) is 140 cm³/mol. The average molecular weight is 561 g/mol. The summed E-state index contributed by atoms with van der Waals surface area (Å²) in [6.07, 6.45) is 0. The van der Waals surface area contributed by atoms with Crippen LogP contribution in [0.25, 0.3) is 10.8 Å². The lowest BCUT2D eigenvalue weighted by molar-refractivity contribution is -0.150. The van der Waals surface area contributed by atoms with E-state index in [9.17, 15) is 23.7 Å². The van der Waals surface area contributed by atoms with Gasteiger partial charge < -0.3 is 10.4 Å². The Balaban J connectivity index is 1.23. The van der Waals surface area contributed by atoms with Crippen LogP contribution in [-0.2, 0) is 25.2 Å². The van der Waals surface area contributed by atoms with E-state index in [1.165, 1.54) is 39.8 Å². The van der Waals surface area contributed by atoms with Crippen LogP contribution in [0.15, 0.2) is 63.0 Å². The van der Waals surface area contributed by atoms with Gasteiger partial charge in [0.2, 0.25) is 5.91 Å². The van der Waals surface area contributed by atoms with E-state index in [-0.39, 0.29) is 11.4 Å². The summed E-state index contributed by atoms with van der Waals surface area (Å²) < 4.78 is 13.5. The summed E-state index contributed by atoms with van der Waals surface area (Å²) in [5.74, 6) is -1.68. The van der Waals surface area contributed by atoms with Crippen molar-refractivity contribution in [2.45, 2.75) is 27.6 Å². The van der Waals surface area contributed by atoms with Crippen molar-refractivity contribution in [1.29, 1.82) is 0 Å². The molecule has 0 aliphatic carbocycles. The molecule has 0 saturated carbocycles. The maximum Gasteiger partial charge on any atom is 0.352 e. The number of β-lactam (4-membered cyclic amide) rings is 1. The minimum Gasteiger partial charge on any atom is -0.477 e. The number of amides is 2. The molecule has 2 N–H and O–H groups in total. The second-order valence-electron chi connectivity index (χ2n) is 8.09. The number of fused-ring (bicyclic) bond motifs is 2. The minimum atomic E-state index is -1.58. The van der Waals surface area contributed by atoms with Gasteiger partial charge in [-0.15, -0.1) is 22.0 Å². The molecule has 3 heterocycles. The number of thioether (sulfide) groups is 2. The third-order valence-electron chi connectivity index (χ3n) is 5.69. The fourth-order valence-corrected chi connectivity index (χ4v) is 8.27. The average Bonchev–Trinajstić information content (AvgIpc) is 3.29. The van der Waals surface area contributed by atoms with Gasteiger partial charge in [0.25, 0.3) is 5.91 Å². The number of aliphatic carboxylic acids is 1. The van der Waals surface area contributed by atoms with Gasteiger partial charge in [0, 0.05) is 16.4 Å². The first-order chi connectivity index (χ1) is 17.3. The SMILES string of the molecule is Cc1nnc(SCC2=C(C(=O)O)N3C(=O)C(NC(=O)CS(=O)c4ccc5ccccc5c4)C3SC2)s1. The first-order valence-electron chi connectivity index (χ1n) is 10.8. The number of aryl methyl sites for hydroxylation is 1. The lowest BCUT2D eigenvalue weighted by atomic mass is 10.0. The molecule has 1 saturated heterocycles. The summed E-state index contributed by atoms with van der Waals surface area (Å²) in [5, 5.41) is 22.7. The highest BCUT2D eigenvalue weighted by Gasteiger charge is 2.54. The maximum absolute atomic E-state index is 12.9. The molecule has 0 spiro atoms. The van der Waals surface area contributed by atoms with Crippen LogP contribution in [0.5, 0.6) is 0 Å². The van der Waals surface area contributed by atoms with Gasteiger partial charge in [0.15, 0.2) is 4.34 Å². The van der Waals surface area contributed by atoms with Gasteiger partial charge in [-0.1, -0.05) is 53.4 Å². The summed E-state index contributed by atoms with van der Waals surface area (Å²) in [6.45, 7) is 1.84. The number of aromatic nitrogens is 2. The molecule has 36 heavy (non-hydrogen) atoms. The molecule has 2 amide bonds. The Hall–Kier alpha value is -2.74. The van der Waals surface area contributed by atoms with Crippen LogP contribution in [0.1, 0.15) is 5.01 Å². The van der Waals surface area contributed by atoms with Crippen LogP contribution in [0.2, 0.25) is 0 Å². The highest BCUT2D eigenvalue weighted by molar-refractivity contribution is 8.01. The van der Waals surface area contributed by atoms with Crippen molar-refractivity contribution in [2.24, 2.45) is 0 Å². The van der Waals surface area contributed by atoms with Crippen LogP contribution in [0.4, 0.5) is 0 Å². The summed E-state index contributed by atoms with van der Waals surface area (Å²) in [7, 11) is -1.58. The molecule has 5 rings (SSSR count). The third kappa shape index (κ3) is 4.92. The zero-order valence-corrected chi connectivity index (χ0v) is 22.1. The van der Waals surface area contributed by atoms with Crippen molar-refractivity contribution in [1.82, 2.24) is 20.4 Å². The number of hydrogen-bond acceptors (Lipinski definition) is 9. The molecule has 3 unspecified atom stereocenters. The number of benzene rings is 2. The molecule has 9 nitrogen and oxygen atoms in total. The highest BCUT2D eigenvalue weighted by atomic mass is 32.2. The molecule has 13 heteroatoms. The molecule has 0 radical (unpaired) electrons. The summed E-state index contributed by atoms with van der Waals surface area (Å²) >= 11 is 4.21. The van der Waals surface area contributed by atoms with Crippen molar-refractivity contribution >= 4 is 74.2 Å². The van der Waals surface area contributed by atoms with Crippen LogP contribution in [0.3, 0.4) is 0 Å². The van der Waals surface area contributed by atoms with Gasteiger partial charge >= 0.3 is 5.97 Å². The normalized spacial score (nSPS) is 20.1. The molecule has 2 aliphatic heterocycles. The second kappa shape index (κ2) is 10.3. The predicted octanol–water partition coefficient (Wildman–Crippen LogP) is 2.64. The van der Waals surface area contributed by atoms with E-state index in [1.54, 1.807) is 12.1 Å². The molecule has 3 aromatic rings. The Labute approximate surface area is 221 Å². The Bertz CT molecular complexity index is 1440. The molecule has 1 aromatic heterocycles. The molecule has 2 aromatic carbocycles. The van der Waals surface area contributed by atoms with Crippen LogP contribution in [0, 0.1) is 6.92 Å². The first kappa shape index (κ1) is 24.9. The summed E-state index contributed by atoms with van der Waals surface area (Å²) in [6, 6.07) is 12.2. The Morgan fingerprint density at radius 2 is 2.00 bits per heavy atom. The number of nitrogens with zero attached hydrogens (tertiary/aromatic N) is 3. The topological polar surface area (TPSA) is 130 Å². The number of rotatable bonds is 8. The fourth-order valence-electron chi connectivity index (χ4n) is 4.01. The van der Waals surface area contributed by atoms with Crippen molar-refractivity contribution in [3.8, 4) is 0 Å². The van der Waals surface area contributed by atoms with E-state index in [0.29, 0.717) is 22.0 Å². The monoisotopic (exact) mass is 560 g/mol. The van der Waals surface area contributed by atoms with Crippen LogP contribution < -0.4 is 5.32 Å². The molecule has 1 fully saturated rings. The van der Waals surface area contributed by atoms with E-state index < -0.39 is 40.0 Å². The van der Waals surface area contributed by atoms with Crippen LogP contribution in [-0.4, -0.2) is 70.9 Å². The quantitative estimate of drug-likeness (QED) is 0.315. The largest absolute Gasteiger partial charge is 0.477 e.